The van der Waals surface area contributed by atoms with Gasteiger partial charge in [-0.3, -0.25) is 0 Å². The molecule has 0 aliphatic carbocycles. The number of alkyl halides is 1. The number of aliphatic hydroxyl groups excluding tert-OH is 1. The molecule has 0 aliphatic heterocycles. The van der Waals surface area contributed by atoms with E-state index in [1.165, 1.54) is 0 Å². The summed E-state index contributed by atoms with van der Waals surface area (Å²) < 4.78 is 4.95. The lowest BCUT2D eigenvalue weighted by Crippen LogP contribution is -2.20. The summed E-state index contributed by atoms with van der Waals surface area (Å²) in [6.07, 6.45) is 1.28. The fraction of sp³-hybridized carbons (Fsp3) is 0.667. The predicted molar refractivity (Wildman–Crippen MR) is 37.5 cm³/mol. The lowest BCUT2D eigenvalue weighted by molar-refractivity contribution is 0.0221. The molecule has 0 aromatic rings. The molecule has 0 saturated heterocycles. The second-order valence-corrected chi connectivity index (χ2v) is 2.15. The molecule has 0 rings (SSSR count). The van der Waals surface area contributed by atoms with Crippen LogP contribution < -0.4 is 0 Å². The molecule has 0 aromatic carbocycles. The van der Waals surface area contributed by atoms with E-state index in [-0.39, 0.29) is 6.10 Å². The van der Waals surface area contributed by atoms with Crippen LogP contribution in [0, 0.1) is 0 Å². The molecule has 3 heteroatoms. The summed E-state index contributed by atoms with van der Waals surface area (Å²) in [7, 11) is 0. The highest BCUT2D eigenvalue weighted by atomic mass is 35.5. The smallest absolute Gasteiger partial charge is 0.153 e. The maximum atomic E-state index is 8.65. The van der Waals surface area contributed by atoms with E-state index in [2.05, 4.69) is 6.58 Å². The van der Waals surface area contributed by atoms with Gasteiger partial charge in [0, 0.05) is 0 Å². The first-order valence-electron chi connectivity index (χ1n) is 2.73. The van der Waals surface area contributed by atoms with Gasteiger partial charge in [0.25, 0.3) is 0 Å². The van der Waals surface area contributed by atoms with Crippen molar-refractivity contribution in [3.8, 4) is 0 Å². The van der Waals surface area contributed by atoms with Crippen molar-refractivity contribution >= 4 is 11.6 Å². The molecule has 0 aromatic heterocycles. The first-order valence-corrected chi connectivity index (χ1v) is 3.16. The van der Waals surface area contributed by atoms with Crippen molar-refractivity contribution in [2.24, 2.45) is 0 Å². The van der Waals surface area contributed by atoms with Crippen LogP contribution in [-0.2, 0) is 4.74 Å². The minimum absolute atomic E-state index is 0.329. The second kappa shape index (κ2) is 4.79. The maximum absolute atomic E-state index is 8.65. The average molecular weight is 151 g/mol. The van der Waals surface area contributed by atoms with Crippen LogP contribution in [0.4, 0.5) is 0 Å². The first-order chi connectivity index (χ1) is 4.18. The van der Waals surface area contributed by atoms with Gasteiger partial charge in [-0.15, -0.1) is 6.58 Å². The van der Waals surface area contributed by atoms with Crippen LogP contribution in [0.3, 0.4) is 0 Å². The molecule has 0 amide bonds. The van der Waals surface area contributed by atoms with E-state index in [0.717, 1.165) is 0 Å². The van der Waals surface area contributed by atoms with Crippen LogP contribution in [0.5, 0.6) is 0 Å². The number of ether oxygens (including phenoxy) is 1. The molecule has 9 heavy (non-hydrogen) atoms. The number of halogens is 1. The van der Waals surface area contributed by atoms with E-state index in [4.69, 9.17) is 21.4 Å². The molecule has 54 valence electrons. The third-order valence-electron chi connectivity index (χ3n) is 0.864. The molecule has 0 fully saturated rings. The van der Waals surface area contributed by atoms with Gasteiger partial charge in [-0.05, 0) is 6.92 Å². The molecule has 0 radical (unpaired) electrons. The Hall–Kier alpha value is -0.0500. The summed E-state index contributed by atoms with van der Waals surface area (Å²) in [5, 5.41) is 8.65. The van der Waals surface area contributed by atoms with E-state index >= 15 is 0 Å². The van der Waals surface area contributed by atoms with E-state index < -0.39 is 5.56 Å². The third-order valence-corrected chi connectivity index (χ3v) is 1.22. The Morgan fingerprint density at radius 2 is 2.44 bits per heavy atom. The minimum atomic E-state index is -0.926. The summed E-state index contributed by atoms with van der Waals surface area (Å²) in [5.74, 6) is 0. The highest BCUT2D eigenvalue weighted by molar-refractivity contribution is 6.19. The first kappa shape index (κ1) is 8.95. The van der Waals surface area contributed by atoms with Crippen molar-refractivity contribution in [2.45, 2.75) is 18.6 Å². The molecule has 0 heterocycles. The molecule has 1 N–H and O–H groups in total. The van der Waals surface area contributed by atoms with E-state index in [9.17, 15) is 0 Å². The second-order valence-electron chi connectivity index (χ2n) is 1.70. The monoisotopic (exact) mass is 150 g/mol. The van der Waals surface area contributed by atoms with Crippen molar-refractivity contribution in [1.29, 1.82) is 0 Å². The van der Waals surface area contributed by atoms with Gasteiger partial charge in [0.2, 0.25) is 0 Å². The lowest BCUT2D eigenvalue weighted by Gasteiger charge is -2.11. The van der Waals surface area contributed by atoms with Crippen LogP contribution in [0.25, 0.3) is 0 Å². The van der Waals surface area contributed by atoms with Crippen molar-refractivity contribution in [3.63, 3.8) is 0 Å². The highest BCUT2D eigenvalue weighted by Gasteiger charge is 2.08. The SMILES string of the molecule is C=CCOC(C)C(O)Cl. The molecular formula is C6H11ClO2. The molecular weight excluding hydrogens is 140 g/mol. The van der Waals surface area contributed by atoms with Gasteiger partial charge in [0.15, 0.2) is 5.56 Å². The normalized spacial score (nSPS) is 16.8. The Labute approximate surface area is 60.1 Å². The Bertz CT molecular complexity index is 83.1. The summed E-state index contributed by atoms with van der Waals surface area (Å²) in [5.41, 5.74) is -0.926. The van der Waals surface area contributed by atoms with Gasteiger partial charge in [0.1, 0.15) is 0 Å². The van der Waals surface area contributed by atoms with Gasteiger partial charge < -0.3 is 9.84 Å². The molecule has 0 spiro atoms. The zero-order valence-corrected chi connectivity index (χ0v) is 6.14. The topological polar surface area (TPSA) is 29.5 Å². The predicted octanol–water partition coefficient (Wildman–Crippen LogP) is 1.13. The number of rotatable bonds is 4. The fourth-order valence-electron chi connectivity index (χ4n) is 0.299. The van der Waals surface area contributed by atoms with Gasteiger partial charge in [0.05, 0.1) is 12.7 Å². The van der Waals surface area contributed by atoms with E-state index in [1.54, 1.807) is 13.0 Å². The molecule has 0 aliphatic rings. The van der Waals surface area contributed by atoms with Gasteiger partial charge in [-0.1, -0.05) is 17.7 Å². The van der Waals surface area contributed by atoms with Crippen molar-refractivity contribution in [2.75, 3.05) is 6.61 Å². The summed E-state index contributed by atoms with van der Waals surface area (Å²) in [6.45, 7) is 5.56. The lowest BCUT2D eigenvalue weighted by atomic mass is 10.4. The number of hydrogen-bond acceptors (Lipinski definition) is 2. The molecule has 2 atom stereocenters. The quantitative estimate of drug-likeness (QED) is 0.481. The molecule has 2 unspecified atom stereocenters. The van der Waals surface area contributed by atoms with Gasteiger partial charge in [-0.25, -0.2) is 0 Å². The standard InChI is InChI=1S/C6H11ClO2/c1-3-4-9-5(2)6(7)8/h3,5-6,8H,1,4H2,2H3. The largest absolute Gasteiger partial charge is 0.375 e. The van der Waals surface area contributed by atoms with Crippen molar-refractivity contribution in [1.82, 2.24) is 0 Å². The molecule has 2 nitrogen and oxygen atoms in total. The van der Waals surface area contributed by atoms with Crippen LogP contribution >= 0.6 is 11.6 Å². The highest BCUT2D eigenvalue weighted by Crippen LogP contribution is 2.01. The Morgan fingerprint density at radius 1 is 1.89 bits per heavy atom. The van der Waals surface area contributed by atoms with Crippen molar-refractivity contribution in [3.05, 3.63) is 12.7 Å². The summed E-state index contributed by atoms with van der Waals surface area (Å²) in [4.78, 5) is 0. The van der Waals surface area contributed by atoms with Gasteiger partial charge >= 0.3 is 0 Å². The molecule has 0 bridgehead atoms. The fourth-order valence-corrected chi connectivity index (χ4v) is 0.372. The third kappa shape index (κ3) is 4.45. The Kier molecular flexibility index (Phi) is 4.77. The summed E-state index contributed by atoms with van der Waals surface area (Å²) >= 11 is 5.26. The van der Waals surface area contributed by atoms with E-state index in [1.807, 2.05) is 0 Å². The van der Waals surface area contributed by atoms with Crippen LogP contribution in [-0.4, -0.2) is 23.4 Å². The van der Waals surface area contributed by atoms with Crippen molar-refractivity contribution < 1.29 is 9.84 Å². The number of hydrogen-bond donors (Lipinski definition) is 1. The van der Waals surface area contributed by atoms with Crippen LogP contribution in [0.2, 0.25) is 0 Å². The Balaban J connectivity index is 3.26. The minimum Gasteiger partial charge on any atom is -0.375 e. The maximum Gasteiger partial charge on any atom is 0.153 e. The molecule has 0 saturated carbocycles. The zero-order chi connectivity index (χ0) is 7.28. The average Bonchev–Trinajstić information content (AvgIpc) is 1.82. The summed E-state index contributed by atoms with van der Waals surface area (Å²) in [6, 6.07) is 0. The Morgan fingerprint density at radius 3 is 2.78 bits per heavy atom. The van der Waals surface area contributed by atoms with Gasteiger partial charge in [-0.2, -0.15) is 0 Å². The van der Waals surface area contributed by atoms with Crippen LogP contribution in [0.15, 0.2) is 12.7 Å². The zero-order valence-electron chi connectivity index (χ0n) is 5.38. The number of aliphatic hydroxyl groups is 1. The van der Waals surface area contributed by atoms with E-state index in [0.29, 0.717) is 6.61 Å². The van der Waals surface area contributed by atoms with Crippen LogP contribution in [0.1, 0.15) is 6.92 Å².